The van der Waals surface area contributed by atoms with Gasteiger partial charge >= 0.3 is 0 Å². The maximum atomic E-state index is 4.88. The lowest BCUT2D eigenvalue weighted by atomic mass is 9.95. The Labute approximate surface area is 129 Å². The first-order valence-corrected chi connectivity index (χ1v) is 8.56. The average Bonchev–Trinajstić information content (AvgIpc) is 3.16. The summed E-state index contributed by atoms with van der Waals surface area (Å²) in [6.07, 6.45) is 7.94. The highest BCUT2D eigenvalue weighted by molar-refractivity contribution is 7.18. The van der Waals surface area contributed by atoms with Crippen LogP contribution in [-0.2, 0) is 0 Å². The molecule has 114 valence electrons. The van der Waals surface area contributed by atoms with Crippen molar-refractivity contribution >= 4 is 16.5 Å². The third-order valence-electron chi connectivity index (χ3n) is 4.02. The molecule has 3 rings (SSSR count). The molecule has 0 aromatic carbocycles. The number of nitrogens with zero attached hydrogens (tertiary/aromatic N) is 4. The Kier molecular flexibility index (Phi) is 4.53. The van der Waals surface area contributed by atoms with E-state index in [1.165, 1.54) is 32.1 Å². The third kappa shape index (κ3) is 3.43. The van der Waals surface area contributed by atoms with E-state index in [9.17, 15) is 0 Å². The zero-order valence-corrected chi connectivity index (χ0v) is 13.5. The zero-order valence-electron chi connectivity index (χ0n) is 12.7. The topological polar surface area (TPSA) is 55.1 Å². The van der Waals surface area contributed by atoms with Crippen LogP contribution in [-0.4, -0.2) is 27.9 Å². The van der Waals surface area contributed by atoms with Crippen molar-refractivity contribution in [2.45, 2.75) is 52.0 Å². The first-order chi connectivity index (χ1) is 10.2. The highest BCUT2D eigenvalue weighted by atomic mass is 32.1. The summed E-state index contributed by atoms with van der Waals surface area (Å²) < 4.78 is 4.88. The SMILES string of the molecule is CC(C)CC[C@H]1CCCCN1c1nnc(-c2ccon2)s1. The Morgan fingerprint density at radius 2 is 2.29 bits per heavy atom. The number of hydrogen-bond acceptors (Lipinski definition) is 6. The van der Waals surface area contributed by atoms with Crippen molar-refractivity contribution in [2.24, 2.45) is 5.92 Å². The van der Waals surface area contributed by atoms with Crippen molar-refractivity contribution in [3.8, 4) is 10.7 Å². The van der Waals surface area contributed by atoms with Crippen LogP contribution in [0.1, 0.15) is 46.0 Å². The molecule has 0 radical (unpaired) electrons. The molecule has 5 nitrogen and oxygen atoms in total. The van der Waals surface area contributed by atoms with Crippen molar-refractivity contribution in [1.82, 2.24) is 15.4 Å². The molecule has 21 heavy (non-hydrogen) atoms. The normalized spacial score (nSPS) is 19.4. The second-order valence-electron chi connectivity index (χ2n) is 6.09. The summed E-state index contributed by atoms with van der Waals surface area (Å²) >= 11 is 1.62. The number of rotatable bonds is 5. The summed E-state index contributed by atoms with van der Waals surface area (Å²) in [5, 5.41) is 14.5. The van der Waals surface area contributed by atoms with Gasteiger partial charge in [-0.05, 0) is 38.0 Å². The van der Waals surface area contributed by atoms with Gasteiger partial charge in [0.25, 0.3) is 0 Å². The van der Waals surface area contributed by atoms with Gasteiger partial charge in [0, 0.05) is 18.7 Å². The fourth-order valence-electron chi connectivity index (χ4n) is 2.84. The van der Waals surface area contributed by atoms with Crippen molar-refractivity contribution < 1.29 is 4.52 Å². The minimum atomic E-state index is 0.610. The van der Waals surface area contributed by atoms with Gasteiger partial charge in [-0.25, -0.2) is 0 Å². The Morgan fingerprint density at radius 3 is 3.05 bits per heavy atom. The maximum Gasteiger partial charge on any atom is 0.208 e. The van der Waals surface area contributed by atoms with E-state index in [0.29, 0.717) is 6.04 Å². The van der Waals surface area contributed by atoms with Crippen LogP contribution >= 0.6 is 11.3 Å². The van der Waals surface area contributed by atoms with Crippen molar-refractivity contribution in [2.75, 3.05) is 11.4 Å². The molecular weight excluding hydrogens is 284 g/mol. The van der Waals surface area contributed by atoms with Crippen molar-refractivity contribution in [3.05, 3.63) is 12.3 Å². The van der Waals surface area contributed by atoms with Gasteiger partial charge in [0.1, 0.15) is 12.0 Å². The zero-order chi connectivity index (χ0) is 14.7. The van der Waals surface area contributed by atoms with Gasteiger partial charge in [-0.3, -0.25) is 0 Å². The summed E-state index contributed by atoms with van der Waals surface area (Å²) in [6.45, 7) is 5.68. The minimum absolute atomic E-state index is 0.610. The van der Waals surface area contributed by atoms with Crippen LogP contribution in [0.4, 0.5) is 5.13 Å². The van der Waals surface area contributed by atoms with Gasteiger partial charge in [0.15, 0.2) is 5.01 Å². The molecule has 0 spiro atoms. The van der Waals surface area contributed by atoms with Gasteiger partial charge in [-0.15, -0.1) is 10.2 Å². The molecule has 0 aliphatic carbocycles. The van der Waals surface area contributed by atoms with Crippen LogP contribution in [0.3, 0.4) is 0 Å². The van der Waals surface area contributed by atoms with E-state index < -0.39 is 0 Å². The summed E-state index contributed by atoms with van der Waals surface area (Å²) in [5.41, 5.74) is 0.773. The molecule has 6 heteroatoms. The van der Waals surface area contributed by atoms with Gasteiger partial charge in [0.05, 0.1) is 0 Å². The molecule has 1 atom stereocenters. The molecule has 1 aliphatic heterocycles. The largest absolute Gasteiger partial charge is 0.364 e. The molecule has 0 amide bonds. The van der Waals surface area contributed by atoms with Crippen molar-refractivity contribution in [3.63, 3.8) is 0 Å². The fourth-order valence-corrected chi connectivity index (χ4v) is 3.74. The molecule has 0 saturated carbocycles. The molecular formula is C15H22N4OS. The lowest BCUT2D eigenvalue weighted by molar-refractivity contribution is 0.403. The van der Waals surface area contributed by atoms with Crippen LogP contribution in [0, 0.1) is 5.92 Å². The Morgan fingerprint density at radius 1 is 1.38 bits per heavy atom. The van der Waals surface area contributed by atoms with Gasteiger partial charge in [0.2, 0.25) is 5.13 Å². The molecule has 2 aromatic heterocycles. The predicted molar refractivity (Wildman–Crippen MR) is 84.5 cm³/mol. The molecule has 2 aromatic rings. The highest BCUT2D eigenvalue weighted by Gasteiger charge is 2.25. The third-order valence-corrected chi connectivity index (χ3v) is 5.00. The minimum Gasteiger partial charge on any atom is -0.364 e. The average molecular weight is 306 g/mol. The summed E-state index contributed by atoms with van der Waals surface area (Å²) in [7, 11) is 0. The second-order valence-corrected chi connectivity index (χ2v) is 7.04. The smallest absolute Gasteiger partial charge is 0.208 e. The van der Waals surface area contributed by atoms with Gasteiger partial charge in [-0.1, -0.05) is 30.3 Å². The molecule has 1 aliphatic rings. The summed E-state index contributed by atoms with van der Waals surface area (Å²) in [4.78, 5) is 2.45. The molecule has 0 N–H and O–H groups in total. The van der Waals surface area contributed by atoms with Crippen LogP contribution in [0.2, 0.25) is 0 Å². The molecule has 0 bridgehead atoms. The summed E-state index contributed by atoms with van der Waals surface area (Å²) in [5.74, 6) is 0.758. The van der Waals surface area contributed by atoms with E-state index in [1.54, 1.807) is 17.6 Å². The second kappa shape index (κ2) is 6.56. The predicted octanol–water partition coefficient (Wildman–Crippen LogP) is 3.99. The Balaban J connectivity index is 1.74. The standard InChI is InChI=1S/C15H22N4OS/c1-11(2)6-7-12-5-3-4-9-19(12)15-17-16-14(21-15)13-8-10-20-18-13/h8,10-12H,3-7,9H2,1-2H3/t12-/m1/s1. The molecule has 3 heterocycles. The van der Waals surface area contributed by atoms with E-state index in [0.717, 1.165) is 28.3 Å². The number of hydrogen-bond donors (Lipinski definition) is 0. The lowest BCUT2D eigenvalue weighted by Gasteiger charge is -2.35. The number of aromatic nitrogens is 3. The quantitative estimate of drug-likeness (QED) is 0.836. The van der Waals surface area contributed by atoms with Crippen LogP contribution in [0.25, 0.3) is 10.7 Å². The van der Waals surface area contributed by atoms with E-state index >= 15 is 0 Å². The molecule has 1 fully saturated rings. The Bertz CT molecular complexity index is 552. The molecule has 0 unspecified atom stereocenters. The fraction of sp³-hybridized carbons (Fsp3) is 0.667. The van der Waals surface area contributed by atoms with Gasteiger partial charge < -0.3 is 9.42 Å². The number of anilines is 1. The van der Waals surface area contributed by atoms with Crippen LogP contribution in [0.5, 0.6) is 0 Å². The maximum absolute atomic E-state index is 4.88. The van der Waals surface area contributed by atoms with Gasteiger partial charge in [-0.2, -0.15) is 0 Å². The van der Waals surface area contributed by atoms with E-state index in [2.05, 4.69) is 34.1 Å². The number of piperidine rings is 1. The van der Waals surface area contributed by atoms with E-state index in [4.69, 9.17) is 4.52 Å². The Hall–Kier alpha value is -1.43. The van der Waals surface area contributed by atoms with E-state index in [-0.39, 0.29) is 0 Å². The monoisotopic (exact) mass is 306 g/mol. The van der Waals surface area contributed by atoms with E-state index in [1.807, 2.05) is 6.07 Å². The first kappa shape index (κ1) is 14.5. The van der Waals surface area contributed by atoms with Crippen LogP contribution < -0.4 is 4.90 Å². The summed E-state index contributed by atoms with van der Waals surface area (Å²) in [6, 6.07) is 2.44. The van der Waals surface area contributed by atoms with Crippen molar-refractivity contribution in [1.29, 1.82) is 0 Å². The van der Waals surface area contributed by atoms with Crippen LogP contribution in [0.15, 0.2) is 16.9 Å². The lowest BCUT2D eigenvalue weighted by Crippen LogP contribution is -2.39. The first-order valence-electron chi connectivity index (χ1n) is 7.75. The molecule has 1 saturated heterocycles. The highest BCUT2D eigenvalue weighted by Crippen LogP contribution is 2.33.